The molecule has 16 heavy (non-hydrogen) atoms. The fourth-order valence-electron chi connectivity index (χ4n) is 1.65. The van der Waals surface area contributed by atoms with E-state index in [9.17, 15) is 9.59 Å². The number of esters is 1. The second-order valence-electron chi connectivity index (χ2n) is 3.94. The van der Waals surface area contributed by atoms with Crippen LogP contribution in [0.1, 0.15) is 25.7 Å². The molecule has 1 aliphatic heterocycles. The van der Waals surface area contributed by atoms with E-state index >= 15 is 0 Å². The Balaban J connectivity index is 2.31. The Morgan fingerprint density at radius 1 is 1.44 bits per heavy atom. The van der Waals surface area contributed by atoms with Gasteiger partial charge in [-0.1, -0.05) is 6.42 Å². The maximum absolute atomic E-state index is 12.0. The molecule has 4 nitrogen and oxygen atoms in total. The minimum absolute atomic E-state index is 0.0939. The molecule has 0 saturated carbocycles. The molecule has 0 aromatic carbocycles. The summed E-state index contributed by atoms with van der Waals surface area (Å²) in [6.07, 6.45) is 3.58. The van der Waals surface area contributed by atoms with Gasteiger partial charge in [-0.25, -0.2) is 0 Å². The van der Waals surface area contributed by atoms with Crippen molar-refractivity contribution in [1.29, 1.82) is 0 Å². The van der Waals surface area contributed by atoms with E-state index in [1.807, 2.05) is 0 Å². The van der Waals surface area contributed by atoms with Crippen LogP contribution in [0.15, 0.2) is 0 Å². The summed E-state index contributed by atoms with van der Waals surface area (Å²) >= 11 is 1.73. The van der Waals surface area contributed by atoms with Crippen molar-refractivity contribution in [3.63, 3.8) is 0 Å². The zero-order valence-corrected chi connectivity index (χ0v) is 10.7. The topological polar surface area (TPSA) is 46.6 Å². The molecule has 0 aromatic heterocycles. The fraction of sp³-hybridized carbons (Fsp3) is 0.818. The van der Waals surface area contributed by atoms with Gasteiger partial charge in [-0.3, -0.25) is 9.59 Å². The lowest BCUT2D eigenvalue weighted by Crippen LogP contribution is -2.37. The largest absolute Gasteiger partial charge is 0.469 e. The van der Waals surface area contributed by atoms with Crippen molar-refractivity contribution in [1.82, 2.24) is 4.90 Å². The van der Waals surface area contributed by atoms with E-state index in [0.717, 1.165) is 18.6 Å². The van der Waals surface area contributed by atoms with E-state index in [-0.39, 0.29) is 23.5 Å². The van der Waals surface area contributed by atoms with E-state index in [1.165, 1.54) is 13.5 Å². The number of carbonyl (C=O) groups excluding carboxylic acids is 2. The maximum atomic E-state index is 12.0. The van der Waals surface area contributed by atoms with Gasteiger partial charge in [0.05, 0.1) is 18.8 Å². The molecule has 1 rings (SSSR count). The Bertz CT molecular complexity index is 252. The first-order chi connectivity index (χ1) is 7.65. The van der Waals surface area contributed by atoms with Gasteiger partial charge in [0, 0.05) is 13.6 Å². The maximum Gasteiger partial charge on any atom is 0.307 e. The molecule has 92 valence electrons. The number of rotatable bonds is 4. The van der Waals surface area contributed by atoms with Crippen LogP contribution in [-0.4, -0.2) is 48.5 Å². The van der Waals surface area contributed by atoms with Crippen LogP contribution < -0.4 is 0 Å². The SMILES string of the molecule is COC(=O)CCN(C)C(=O)C1CCCCS1. The monoisotopic (exact) mass is 245 g/mol. The molecule has 1 heterocycles. The summed E-state index contributed by atoms with van der Waals surface area (Å²) in [6.45, 7) is 0.447. The summed E-state index contributed by atoms with van der Waals surface area (Å²) in [4.78, 5) is 24.5. The first-order valence-corrected chi connectivity index (χ1v) is 6.63. The Hall–Kier alpha value is -0.710. The zero-order valence-electron chi connectivity index (χ0n) is 9.90. The molecular formula is C11H19NO3S. The van der Waals surface area contributed by atoms with Crippen molar-refractivity contribution in [2.45, 2.75) is 30.9 Å². The number of methoxy groups -OCH3 is 1. The minimum Gasteiger partial charge on any atom is -0.469 e. The highest BCUT2D eigenvalue weighted by Crippen LogP contribution is 2.26. The van der Waals surface area contributed by atoms with Crippen molar-refractivity contribution in [2.75, 3.05) is 26.5 Å². The van der Waals surface area contributed by atoms with E-state index < -0.39 is 0 Å². The van der Waals surface area contributed by atoms with Gasteiger partial charge in [0.15, 0.2) is 0 Å². The quantitative estimate of drug-likeness (QED) is 0.700. The Morgan fingerprint density at radius 2 is 2.19 bits per heavy atom. The number of carbonyl (C=O) groups is 2. The van der Waals surface area contributed by atoms with Crippen LogP contribution in [0.3, 0.4) is 0 Å². The van der Waals surface area contributed by atoms with Crippen LogP contribution in [0, 0.1) is 0 Å². The zero-order chi connectivity index (χ0) is 12.0. The van der Waals surface area contributed by atoms with E-state index in [4.69, 9.17) is 0 Å². The highest BCUT2D eigenvalue weighted by Gasteiger charge is 2.24. The Kier molecular flexibility index (Phi) is 5.66. The molecule has 1 unspecified atom stereocenters. The number of hydrogen-bond acceptors (Lipinski definition) is 4. The number of nitrogens with zero attached hydrogens (tertiary/aromatic N) is 1. The van der Waals surface area contributed by atoms with Crippen LogP contribution in [0.4, 0.5) is 0 Å². The van der Waals surface area contributed by atoms with Gasteiger partial charge in [-0.2, -0.15) is 0 Å². The summed E-state index contributed by atoms with van der Waals surface area (Å²) in [5, 5.41) is 0.0939. The predicted octanol–water partition coefficient (Wildman–Crippen LogP) is 1.29. The molecule has 1 aliphatic rings. The van der Waals surface area contributed by atoms with Crippen molar-refractivity contribution in [3.05, 3.63) is 0 Å². The Morgan fingerprint density at radius 3 is 2.75 bits per heavy atom. The molecule has 1 atom stereocenters. The molecule has 0 aromatic rings. The third kappa shape index (κ3) is 4.04. The standard InChI is InChI=1S/C11H19NO3S/c1-12(7-6-10(13)15-2)11(14)9-5-3-4-8-16-9/h9H,3-8H2,1-2H3. The van der Waals surface area contributed by atoms with Crippen molar-refractivity contribution < 1.29 is 14.3 Å². The molecule has 1 amide bonds. The lowest BCUT2D eigenvalue weighted by molar-refractivity contribution is -0.141. The third-order valence-electron chi connectivity index (χ3n) is 2.71. The fourth-order valence-corrected chi connectivity index (χ4v) is 2.96. The van der Waals surface area contributed by atoms with Crippen LogP contribution in [-0.2, 0) is 14.3 Å². The highest BCUT2D eigenvalue weighted by atomic mass is 32.2. The summed E-state index contributed by atoms with van der Waals surface area (Å²) in [6, 6.07) is 0. The van der Waals surface area contributed by atoms with Crippen LogP contribution in [0.25, 0.3) is 0 Å². The average molecular weight is 245 g/mol. The van der Waals surface area contributed by atoms with Crippen molar-refractivity contribution in [3.8, 4) is 0 Å². The van der Waals surface area contributed by atoms with Crippen molar-refractivity contribution in [2.24, 2.45) is 0 Å². The number of hydrogen-bond donors (Lipinski definition) is 0. The number of ether oxygens (including phenoxy) is 1. The first-order valence-electron chi connectivity index (χ1n) is 5.58. The Labute approximate surface area is 101 Å². The number of amides is 1. The molecule has 0 spiro atoms. The second-order valence-corrected chi connectivity index (χ2v) is 5.25. The van der Waals surface area contributed by atoms with Crippen LogP contribution in [0.2, 0.25) is 0 Å². The third-order valence-corrected chi connectivity index (χ3v) is 4.07. The summed E-state index contributed by atoms with van der Waals surface area (Å²) in [7, 11) is 3.11. The normalized spacial score (nSPS) is 20.2. The van der Waals surface area contributed by atoms with Gasteiger partial charge in [0.1, 0.15) is 0 Å². The van der Waals surface area contributed by atoms with E-state index in [2.05, 4.69) is 4.74 Å². The van der Waals surface area contributed by atoms with Gasteiger partial charge in [-0.05, 0) is 18.6 Å². The smallest absolute Gasteiger partial charge is 0.307 e. The van der Waals surface area contributed by atoms with Crippen LogP contribution >= 0.6 is 11.8 Å². The lowest BCUT2D eigenvalue weighted by Gasteiger charge is -2.25. The molecule has 0 radical (unpaired) electrons. The summed E-state index contributed by atoms with van der Waals surface area (Å²) in [5.74, 6) is 0.950. The molecule has 1 saturated heterocycles. The summed E-state index contributed by atoms with van der Waals surface area (Å²) in [5.41, 5.74) is 0. The highest BCUT2D eigenvalue weighted by molar-refractivity contribution is 8.00. The van der Waals surface area contributed by atoms with Gasteiger partial charge in [0.2, 0.25) is 5.91 Å². The number of thioether (sulfide) groups is 1. The second kappa shape index (κ2) is 6.78. The molecular weight excluding hydrogens is 226 g/mol. The molecule has 0 aliphatic carbocycles. The van der Waals surface area contributed by atoms with Gasteiger partial charge in [-0.15, -0.1) is 11.8 Å². The molecule has 1 fully saturated rings. The van der Waals surface area contributed by atoms with Gasteiger partial charge in [0.25, 0.3) is 0 Å². The van der Waals surface area contributed by atoms with E-state index in [0.29, 0.717) is 6.54 Å². The summed E-state index contributed by atoms with van der Waals surface area (Å²) < 4.78 is 4.54. The van der Waals surface area contributed by atoms with E-state index in [1.54, 1.807) is 23.7 Å². The first kappa shape index (κ1) is 13.4. The van der Waals surface area contributed by atoms with Crippen molar-refractivity contribution >= 4 is 23.6 Å². The minimum atomic E-state index is -0.268. The predicted molar refractivity (Wildman–Crippen MR) is 64.4 cm³/mol. The molecule has 0 bridgehead atoms. The lowest BCUT2D eigenvalue weighted by atomic mass is 10.1. The van der Waals surface area contributed by atoms with Gasteiger partial charge < -0.3 is 9.64 Å². The van der Waals surface area contributed by atoms with Gasteiger partial charge >= 0.3 is 5.97 Å². The average Bonchev–Trinajstić information content (AvgIpc) is 2.35. The van der Waals surface area contributed by atoms with Crippen LogP contribution in [0.5, 0.6) is 0 Å². The molecule has 0 N–H and O–H groups in total. The molecule has 5 heteroatoms.